The van der Waals surface area contributed by atoms with Crippen molar-refractivity contribution >= 4 is 15.6 Å². The number of benzene rings is 2. The minimum absolute atomic E-state index is 0.00230. The molecule has 0 saturated carbocycles. The average molecular weight is 490 g/mol. The topological polar surface area (TPSA) is 79.7 Å². The number of nitrogens with zero attached hydrogens (tertiary/aromatic N) is 3. The molecule has 4 rings (SSSR count). The second-order valence-corrected chi connectivity index (χ2v) is 11.2. The highest BCUT2D eigenvalue weighted by Crippen LogP contribution is 2.38. The first kappa shape index (κ1) is 24.9. The molecule has 1 aromatic heterocycles. The Balaban J connectivity index is 1.64. The van der Waals surface area contributed by atoms with Gasteiger partial charge in [0.25, 0.3) is 0 Å². The van der Waals surface area contributed by atoms with Crippen molar-refractivity contribution in [1.82, 2.24) is 9.29 Å². The molecule has 0 saturated heterocycles. The maximum atomic E-state index is 11.9. The van der Waals surface area contributed by atoms with E-state index >= 15 is 0 Å². The van der Waals surface area contributed by atoms with E-state index in [1.54, 1.807) is 6.20 Å². The van der Waals surface area contributed by atoms with Crippen LogP contribution in [0.5, 0.6) is 0 Å². The van der Waals surface area contributed by atoms with Crippen molar-refractivity contribution < 1.29 is 8.42 Å². The summed E-state index contributed by atoms with van der Waals surface area (Å²) in [5.74, 6) is 0.00230. The van der Waals surface area contributed by atoms with Crippen molar-refractivity contribution in [2.75, 3.05) is 19.3 Å². The van der Waals surface area contributed by atoms with Crippen LogP contribution < -0.4 is 0 Å². The zero-order chi connectivity index (χ0) is 25.0. The van der Waals surface area contributed by atoms with Crippen molar-refractivity contribution in [2.45, 2.75) is 38.6 Å². The van der Waals surface area contributed by atoms with E-state index in [-0.39, 0.29) is 5.92 Å². The lowest BCUT2D eigenvalue weighted by Gasteiger charge is -2.25. The first-order valence-corrected chi connectivity index (χ1v) is 13.7. The van der Waals surface area contributed by atoms with Crippen LogP contribution in [-0.2, 0) is 10.0 Å². The number of sulfonamides is 1. The molecule has 2 aromatic carbocycles. The maximum absolute atomic E-state index is 11.9. The zero-order valence-electron chi connectivity index (χ0n) is 20.4. The van der Waals surface area contributed by atoms with Crippen molar-refractivity contribution in [3.05, 3.63) is 111 Å². The van der Waals surface area contributed by atoms with Gasteiger partial charge < -0.3 is 0 Å². The number of aromatic nitrogens is 1. The molecule has 1 unspecified atom stereocenters. The molecule has 0 radical (unpaired) electrons. The Morgan fingerprint density at radius 1 is 1.03 bits per heavy atom. The lowest BCUT2D eigenvalue weighted by molar-refractivity contribution is 0.446. The predicted octanol–water partition coefficient (Wildman–Crippen LogP) is 5.78. The summed E-state index contributed by atoms with van der Waals surface area (Å²) in [7, 11) is -3.17. The van der Waals surface area contributed by atoms with Crippen LogP contribution in [0.3, 0.4) is 0 Å². The second kappa shape index (κ2) is 10.6. The summed E-state index contributed by atoms with van der Waals surface area (Å²) in [6.07, 6.45) is 6.22. The summed E-state index contributed by atoms with van der Waals surface area (Å²) < 4.78 is 25.1. The number of hydrogen-bond acceptors (Lipinski definition) is 5. The van der Waals surface area contributed by atoms with Crippen LogP contribution in [0.1, 0.15) is 58.3 Å². The minimum atomic E-state index is -3.17. The number of pyridine rings is 1. The molecule has 0 fully saturated rings. The Bertz CT molecular complexity index is 1330. The largest absolute Gasteiger partial charge is 0.262 e. The maximum Gasteiger partial charge on any atom is 0.211 e. The van der Waals surface area contributed by atoms with Crippen LogP contribution in [0.4, 0.5) is 0 Å². The molecule has 1 aliphatic rings. The van der Waals surface area contributed by atoms with Gasteiger partial charge in [0.2, 0.25) is 10.0 Å². The van der Waals surface area contributed by atoms with Gasteiger partial charge in [-0.2, -0.15) is 9.21 Å². The van der Waals surface area contributed by atoms with Crippen molar-refractivity contribution in [3.8, 4) is 0 Å². The third-order valence-electron chi connectivity index (χ3n) is 6.78. The SMILES string of the molecule is Cc1cc(C(C[C@H](c2ccc(C3=CCN(S(C)(=O)=O)CC3)cc2)c2ccccc2C)N=O)ccn1. The van der Waals surface area contributed by atoms with E-state index in [9.17, 15) is 13.3 Å². The van der Waals surface area contributed by atoms with Crippen LogP contribution in [0.25, 0.3) is 5.57 Å². The fourth-order valence-electron chi connectivity index (χ4n) is 4.80. The first-order chi connectivity index (χ1) is 16.8. The molecule has 0 aliphatic carbocycles. The van der Waals surface area contributed by atoms with Crippen LogP contribution >= 0.6 is 0 Å². The van der Waals surface area contributed by atoms with Gasteiger partial charge in [0.15, 0.2) is 0 Å². The molecule has 1 aliphatic heterocycles. The van der Waals surface area contributed by atoms with Crippen LogP contribution in [0, 0.1) is 18.8 Å². The second-order valence-electron chi connectivity index (χ2n) is 9.22. The number of nitroso groups, excluding NO2 is 1. The van der Waals surface area contributed by atoms with Crippen molar-refractivity contribution in [1.29, 1.82) is 0 Å². The molecule has 2 heterocycles. The van der Waals surface area contributed by atoms with E-state index in [1.807, 2.05) is 37.3 Å². The van der Waals surface area contributed by atoms with E-state index in [4.69, 9.17) is 0 Å². The van der Waals surface area contributed by atoms with E-state index in [1.165, 1.54) is 21.7 Å². The normalized spacial score (nSPS) is 16.4. The van der Waals surface area contributed by atoms with Gasteiger partial charge in [-0.1, -0.05) is 59.8 Å². The molecule has 0 spiro atoms. The number of rotatable bonds is 8. The first-order valence-electron chi connectivity index (χ1n) is 11.8. The molecular formula is C28H31N3O3S. The monoisotopic (exact) mass is 489 g/mol. The summed E-state index contributed by atoms with van der Waals surface area (Å²) in [6.45, 7) is 4.91. The highest BCUT2D eigenvalue weighted by atomic mass is 32.2. The molecule has 0 N–H and O–H groups in total. The standard InChI is InChI=1S/C28H31N3O3S/c1-20-6-4-5-7-26(20)27(19-28(30-32)25-12-15-29-21(2)18-25)24-10-8-22(9-11-24)23-13-16-31(17-14-23)35(3,33)34/h4-13,15,18,27-28H,14,16-17,19H2,1-3H3/t27-,28?/m1/s1. The molecule has 3 aromatic rings. The quantitative estimate of drug-likeness (QED) is 0.376. The molecular weight excluding hydrogens is 458 g/mol. The Kier molecular flexibility index (Phi) is 7.57. The molecule has 0 bridgehead atoms. The summed E-state index contributed by atoms with van der Waals surface area (Å²) >= 11 is 0. The van der Waals surface area contributed by atoms with Crippen molar-refractivity contribution in [3.63, 3.8) is 0 Å². The summed E-state index contributed by atoms with van der Waals surface area (Å²) in [6, 6.07) is 20.0. The van der Waals surface area contributed by atoms with Crippen LogP contribution in [-0.4, -0.2) is 37.1 Å². The number of hydrogen-bond donors (Lipinski definition) is 0. The lowest BCUT2D eigenvalue weighted by atomic mass is 9.82. The predicted molar refractivity (Wildman–Crippen MR) is 141 cm³/mol. The van der Waals surface area contributed by atoms with Gasteiger partial charge in [0, 0.05) is 30.9 Å². The lowest BCUT2D eigenvalue weighted by Crippen LogP contribution is -2.33. The minimum Gasteiger partial charge on any atom is -0.262 e. The van der Waals surface area contributed by atoms with Gasteiger partial charge in [-0.15, -0.1) is 0 Å². The average Bonchev–Trinajstić information content (AvgIpc) is 2.85. The summed E-state index contributed by atoms with van der Waals surface area (Å²) in [5, 5.41) is 3.50. The van der Waals surface area contributed by atoms with E-state index in [0.29, 0.717) is 25.9 Å². The van der Waals surface area contributed by atoms with E-state index < -0.39 is 16.1 Å². The van der Waals surface area contributed by atoms with E-state index in [2.05, 4.69) is 53.5 Å². The molecule has 35 heavy (non-hydrogen) atoms. The van der Waals surface area contributed by atoms with Gasteiger partial charge >= 0.3 is 0 Å². The third kappa shape index (κ3) is 5.92. The molecule has 0 amide bonds. The van der Waals surface area contributed by atoms with Gasteiger partial charge in [-0.25, -0.2) is 8.42 Å². The Hall–Kier alpha value is -3.16. The van der Waals surface area contributed by atoms with Gasteiger partial charge in [0.1, 0.15) is 6.04 Å². The fourth-order valence-corrected chi connectivity index (χ4v) is 5.57. The van der Waals surface area contributed by atoms with Gasteiger partial charge in [-0.3, -0.25) is 4.98 Å². The van der Waals surface area contributed by atoms with E-state index in [0.717, 1.165) is 28.0 Å². The molecule has 7 heteroatoms. The third-order valence-corrected chi connectivity index (χ3v) is 8.05. The highest BCUT2D eigenvalue weighted by molar-refractivity contribution is 7.88. The Labute approximate surface area is 207 Å². The fraction of sp³-hybridized carbons (Fsp3) is 0.321. The highest BCUT2D eigenvalue weighted by Gasteiger charge is 2.24. The molecule has 6 nitrogen and oxygen atoms in total. The smallest absolute Gasteiger partial charge is 0.211 e. The zero-order valence-corrected chi connectivity index (χ0v) is 21.2. The van der Waals surface area contributed by atoms with Crippen LogP contribution in [0.2, 0.25) is 0 Å². The summed E-state index contributed by atoms with van der Waals surface area (Å²) in [4.78, 5) is 16.2. The summed E-state index contributed by atoms with van der Waals surface area (Å²) in [5.41, 5.74) is 7.47. The van der Waals surface area contributed by atoms with Gasteiger partial charge in [0.05, 0.1) is 6.26 Å². The van der Waals surface area contributed by atoms with Gasteiger partial charge in [-0.05, 0) is 72.2 Å². The molecule has 182 valence electrons. The Morgan fingerprint density at radius 2 is 1.77 bits per heavy atom. The molecule has 2 atom stereocenters. The van der Waals surface area contributed by atoms with Crippen LogP contribution in [0.15, 0.2) is 78.1 Å². The number of aryl methyl sites for hydroxylation is 2. The Morgan fingerprint density at radius 3 is 2.37 bits per heavy atom. The van der Waals surface area contributed by atoms with Crippen molar-refractivity contribution in [2.24, 2.45) is 5.18 Å².